The lowest BCUT2D eigenvalue weighted by Crippen LogP contribution is -2.69. The number of rotatable bonds is 8. The van der Waals surface area contributed by atoms with Crippen LogP contribution in [0, 0.1) is 5.82 Å². The highest BCUT2D eigenvalue weighted by molar-refractivity contribution is 6.74. The lowest BCUT2D eigenvalue weighted by molar-refractivity contribution is -0.129. The van der Waals surface area contributed by atoms with Crippen molar-refractivity contribution in [2.45, 2.75) is 109 Å². The van der Waals surface area contributed by atoms with E-state index in [0.717, 1.165) is 30.2 Å². The van der Waals surface area contributed by atoms with E-state index in [-0.39, 0.29) is 34.8 Å². The van der Waals surface area contributed by atoms with Crippen molar-refractivity contribution < 1.29 is 27.9 Å². The highest BCUT2D eigenvalue weighted by Crippen LogP contribution is 2.44. The van der Waals surface area contributed by atoms with Crippen molar-refractivity contribution in [1.82, 2.24) is 24.8 Å². The minimum absolute atomic E-state index is 0.0220. The number of carbonyl (C=O) groups is 2. The van der Waals surface area contributed by atoms with Gasteiger partial charge in [0, 0.05) is 24.3 Å². The number of benzene rings is 2. The zero-order valence-electron chi connectivity index (χ0n) is 33.5. The Bertz CT molecular complexity index is 2150. The molecule has 3 fully saturated rings. The largest absolute Gasteiger partial charge is 0.543 e. The van der Waals surface area contributed by atoms with E-state index in [1.807, 2.05) is 41.3 Å². The van der Waals surface area contributed by atoms with Crippen LogP contribution in [0.4, 0.5) is 15.0 Å². The molecule has 5 heterocycles. The smallest absolute Gasteiger partial charge is 0.411 e. The molecule has 2 unspecified atom stereocenters. The zero-order chi connectivity index (χ0) is 39.7. The molecule has 0 saturated carbocycles. The van der Waals surface area contributed by atoms with Crippen molar-refractivity contribution >= 4 is 47.8 Å². The van der Waals surface area contributed by atoms with E-state index in [9.17, 15) is 9.59 Å². The second-order valence-corrected chi connectivity index (χ2v) is 22.7. The van der Waals surface area contributed by atoms with Crippen LogP contribution in [0.1, 0.15) is 67.2 Å². The normalized spacial score (nSPS) is 22.1. The van der Waals surface area contributed by atoms with Gasteiger partial charge in [-0.05, 0) is 101 Å². The Morgan fingerprint density at radius 1 is 1.05 bits per heavy atom. The summed E-state index contributed by atoms with van der Waals surface area (Å²) >= 11 is 0. The maximum Gasteiger partial charge on any atom is 0.411 e. The summed E-state index contributed by atoms with van der Waals surface area (Å²) in [6.07, 6.45) is 3.93. The van der Waals surface area contributed by atoms with Gasteiger partial charge in [-0.15, -0.1) is 0 Å². The Hall–Kier alpha value is -4.56. The van der Waals surface area contributed by atoms with Gasteiger partial charge in [0.25, 0.3) is 0 Å². The average molecular weight is 772 g/mol. The molecule has 0 radical (unpaired) electrons. The molecule has 0 aliphatic carbocycles. The average Bonchev–Trinajstić information content (AvgIpc) is 3.62. The fraction of sp³-hybridized carbons (Fsp3) is 0.537. The standard InChI is InChI=1S/C41H54FN7O5Si/c1-39(2,3)53-38(51)49-26-16-17-41(49,36(43)50)24-48(22-26)35-31-21-44-33(32(42)34(31)45-37(46-35)52-23-27-14-12-18-47(27)7)30-20-28(54-55(8,9)40(4,5)6)19-25-13-10-11-15-29(25)30/h10-11,13,15,19-21,26-27H,12,14,16-18,22-24H2,1-9H3,(H2,43,50)/t26?,27-,41?/m0/s1. The third-order valence-electron chi connectivity index (χ3n) is 11.9. The van der Waals surface area contributed by atoms with E-state index < -0.39 is 43.3 Å². The van der Waals surface area contributed by atoms with Gasteiger partial charge in [-0.3, -0.25) is 14.7 Å². The molecular formula is C41H54FN7O5Si. The molecule has 3 aliphatic rings. The molecule has 55 heavy (non-hydrogen) atoms. The fourth-order valence-electron chi connectivity index (χ4n) is 7.94. The summed E-state index contributed by atoms with van der Waals surface area (Å²) in [5.74, 6) is -0.245. The minimum Gasteiger partial charge on any atom is -0.543 e. The Kier molecular flexibility index (Phi) is 9.76. The molecule has 12 nitrogen and oxygen atoms in total. The Morgan fingerprint density at radius 3 is 2.47 bits per heavy atom. The number of halogens is 1. The SMILES string of the molecule is CN1CCC[C@H]1COc1nc(N2CC3CCC(C(N)=O)(C2)N3C(=O)OC(C)(C)C)c2cnc(-c3cc(O[Si](C)(C)C(C)(C)C)cc4ccccc34)c(F)c2n1. The molecular weight excluding hydrogens is 718 g/mol. The van der Waals surface area contributed by atoms with Gasteiger partial charge in [0.1, 0.15) is 40.5 Å². The number of hydrogen-bond donors (Lipinski definition) is 1. The number of nitrogens with two attached hydrogens (primary N) is 1. The van der Waals surface area contributed by atoms with E-state index >= 15 is 4.39 Å². The van der Waals surface area contributed by atoms with Gasteiger partial charge in [-0.1, -0.05) is 45.0 Å². The molecule has 3 saturated heterocycles. The van der Waals surface area contributed by atoms with Crippen LogP contribution >= 0.6 is 0 Å². The molecule has 294 valence electrons. The third-order valence-corrected chi connectivity index (χ3v) is 16.3. The first kappa shape index (κ1) is 38.7. The maximum absolute atomic E-state index is 17.4. The molecule has 2 aromatic carbocycles. The molecule has 4 aromatic rings. The Balaban J connectivity index is 1.35. The Labute approximate surface area is 323 Å². The zero-order valence-corrected chi connectivity index (χ0v) is 34.5. The van der Waals surface area contributed by atoms with Crippen molar-refractivity contribution in [3.63, 3.8) is 0 Å². The topological polar surface area (TPSA) is 136 Å². The van der Waals surface area contributed by atoms with E-state index in [1.165, 1.54) is 4.90 Å². The van der Waals surface area contributed by atoms with Crippen LogP contribution in [0.25, 0.3) is 32.9 Å². The van der Waals surface area contributed by atoms with E-state index in [2.05, 4.69) is 45.8 Å². The number of amides is 2. The number of fused-ring (bicyclic) bond motifs is 4. The van der Waals surface area contributed by atoms with E-state index in [1.54, 1.807) is 27.0 Å². The number of likely N-dealkylation sites (N-methyl/N-ethyl adjacent to an activating group) is 1. The molecule has 3 atom stereocenters. The number of ether oxygens (including phenoxy) is 2. The number of hydrogen-bond acceptors (Lipinski definition) is 10. The number of aromatic nitrogens is 3. The second kappa shape index (κ2) is 13.9. The lowest BCUT2D eigenvalue weighted by atomic mass is 9.94. The highest BCUT2D eigenvalue weighted by Gasteiger charge is 2.59. The third kappa shape index (κ3) is 7.18. The van der Waals surface area contributed by atoms with Gasteiger partial charge >= 0.3 is 12.1 Å². The predicted octanol–water partition coefficient (Wildman–Crippen LogP) is 7.28. The van der Waals surface area contributed by atoms with E-state index in [0.29, 0.717) is 48.5 Å². The summed E-state index contributed by atoms with van der Waals surface area (Å²) in [5, 5.41) is 2.03. The van der Waals surface area contributed by atoms with Crippen LogP contribution in [-0.2, 0) is 9.53 Å². The van der Waals surface area contributed by atoms with Gasteiger partial charge < -0.3 is 29.4 Å². The fourth-order valence-corrected chi connectivity index (χ4v) is 8.96. The number of anilines is 1. The van der Waals surface area contributed by atoms with Crippen molar-refractivity contribution in [1.29, 1.82) is 0 Å². The Morgan fingerprint density at radius 2 is 1.80 bits per heavy atom. The molecule has 0 spiro atoms. The van der Waals surface area contributed by atoms with Crippen LogP contribution in [0.15, 0.2) is 42.6 Å². The summed E-state index contributed by atoms with van der Waals surface area (Å²) in [6, 6.07) is 11.5. The molecule has 7 rings (SSSR count). The van der Waals surface area contributed by atoms with Gasteiger partial charge in [0.15, 0.2) is 5.82 Å². The van der Waals surface area contributed by atoms with Crippen molar-refractivity contribution in [3.8, 4) is 23.0 Å². The number of piperazine rings is 1. The van der Waals surface area contributed by atoms with Gasteiger partial charge in [-0.25, -0.2) is 9.18 Å². The second-order valence-electron chi connectivity index (χ2n) is 18.0. The van der Waals surface area contributed by atoms with Gasteiger partial charge in [-0.2, -0.15) is 9.97 Å². The van der Waals surface area contributed by atoms with E-state index in [4.69, 9.17) is 34.6 Å². The molecule has 2 aromatic heterocycles. The highest BCUT2D eigenvalue weighted by atomic mass is 28.4. The summed E-state index contributed by atoms with van der Waals surface area (Å²) in [6.45, 7) is 17.9. The monoisotopic (exact) mass is 771 g/mol. The maximum atomic E-state index is 17.4. The number of primary amides is 1. The number of pyridine rings is 1. The molecule has 3 aliphatic heterocycles. The number of nitrogens with zero attached hydrogens (tertiary/aromatic N) is 6. The van der Waals surface area contributed by atoms with Crippen LogP contribution in [0.3, 0.4) is 0 Å². The minimum atomic E-state index is -2.24. The summed E-state index contributed by atoms with van der Waals surface area (Å²) in [4.78, 5) is 46.8. The van der Waals surface area contributed by atoms with Crippen LogP contribution in [-0.4, -0.2) is 102 Å². The molecule has 14 heteroatoms. The lowest BCUT2D eigenvalue weighted by Gasteiger charge is -2.47. The van der Waals surface area contributed by atoms with Gasteiger partial charge in [0.2, 0.25) is 14.2 Å². The summed E-state index contributed by atoms with van der Waals surface area (Å²) < 4.78 is 36.1. The molecule has 2 N–H and O–H groups in total. The van der Waals surface area contributed by atoms with Crippen LogP contribution in [0.5, 0.6) is 11.8 Å². The molecule has 2 bridgehead atoms. The van der Waals surface area contributed by atoms with Crippen LogP contribution < -0.4 is 19.8 Å². The summed E-state index contributed by atoms with van der Waals surface area (Å²) in [7, 11) is -0.187. The first-order valence-electron chi connectivity index (χ1n) is 19.3. The van der Waals surface area contributed by atoms with Crippen LogP contribution in [0.2, 0.25) is 18.1 Å². The van der Waals surface area contributed by atoms with Gasteiger partial charge in [0.05, 0.1) is 18.0 Å². The van der Waals surface area contributed by atoms with Crippen molar-refractivity contribution in [2.24, 2.45) is 5.73 Å². The number of carbonyl (C=O) groups excluding carboxylic acids is 2. The molecule has 2 amide bonds. The first-order valence-corrected chi connectivity index (χ1v) is 22.2. The van der Waals surface area contributed by atoms with Crippen molar-refractivity contribution in [2.75, 3.05) is 38.2 Å². The quantitative estimate of drug-likeness (QED) is 0.182. The first-order chi connectivity index (χ1) is 25.8. The van der Waals surface area contributed by atoms with Crippen molar-refractivity contribution in [3.05, 3.63) is 48.4 Å². The summed E-state index contributed by atoms with van der Waals surface area (Å²) in [5.41, 5.74) is 4.74. The predicted molar refractivity (Wildman–Crippen MR) is 214 cm³/mol. The number of likely N-dealkylation sites (tertiary alicyclic amines) is 1.